The highest BCUT2D eigenvalue weighted by Gasteiger charge is 2.45. The molecule has 0 spiro atoms. The molecule has 4 aliphatic rings. The maximum atomic E-state index is 14.3. The number of nitrogens with zero attached hydrogens (tertiary/aromatic N) is 8. The van der Waals surface area contributed by atoms with E-state index < -0.39 is 35.4 Å². The maximum Gasteiger partial charge on any atom is 0.318 e. The molecule has 3 fully saturated rings. The number of hydrogen-bond acceptors (Lipinski definition) is 16. The highest BCUT2D eigenvalue weighted by atomic mass is 32.1. The first-order valence-electron chi connectivity index (χ1n) is 26.8. The molecule has 0 aliphatic carbocycles. The molecule has 0 unspecified atom stereocenters. The third-order valence-electron chi connectivity index (χ3n) is 15.3. The Labute approximate surface area is 449 Å². The van der Waals surface area contributed by atoms with Crippen molar-refractivity contribution in [3.8, 4) is 28.3 Å². The van der Waals surface area contributed by atoms with Crippen LogP contribution in [0.15, 0.2) is 66.2 Å². The number of carbonyl (C=O) groups is 3. The van der Waals surface area contributed by atoms with Crippen LogP contribution >= 0.6 is 11.3 Å². The molecule has 404 valence electrons. The molecule has 3 aromatic carbocycles. The fourth-order valence-corrected chi connectivity index (χ4v) is 12.0. The minimum Gasteiger partial charge on any atom is -0.508 e. The van der Waals surface area contributed by atoms with E-state index in [1.807, 2.05) is 95.6 Å². The lowest BCUT2D eigenvalue weighted by molar-refractivity contribution is -0.144. The number of aromatic nitrogens is 3. The van der Waals surface area contributed by atoms with Gasteiger partial charge >= 0.3 is 6.01 Å². The summed E-state index contributed by atoms with van der Waals surface area (Å²) in [4.78, 5) is 65.4. The Morgan fingerprint density at radius 1 is 0.987 bits per heavy atom. The zero-order valence-corrected chi connectivity index (χ0v) is 45.4. The SMILES string of the molecule is Cc1ncsc1-c1ccc([C@H](C)NC(=O)[C@@H]2C[C@@H](O)CN2C(=O)[C@@H](NC(=O)COCC2CCN(C[C@@H](C)Oc3nc4c(c(N5CCN[C@@H](CC#N)C5)n3)CCN(c3cc(O)cc5ccccc35)C4)CC2)C(C)(C)C)cc1. The largest absolute Gasteiger partial charge is 0.508 e. The van der Waals surface area contributed by atoms with Gasteiger partial charge in [0.25, 0.3) is 0 Å². The summed E-state index contributed by atoms with van der Waals surface area (Å²) in [5.41, 5.74) is 6.98. The molecule has 6 atom stereocenters. The summed E-state index contributed by atoms with van der Waals surface area (Å²) in [5, 5.41) is 42.4. The van der Waals surface area contributed by atoms with Crippen molar-refractivity contribution in [3.63, 3.8) is 0 Å². The first-order valence-corrected chi connectivity index (χ1v) is 27.7. The number of nitriles is 1. The number of likely N-dealkylation sites (tertiary alicyclic amines) is 2. The van der Waals surface area contributed by atoms with Crippen molar-refractivity contribution in [2.75, 3.05) is 75.4 Å². The van der Waals surface area contributed by atoms with E-state index in [0.29, 0.717) is 38.7 Å². The van der Waals surface area contributed by atoms with Gasteiger partial charge in [0.1, 0.15) is 36.4 Å². The lowest BCUT2D eigenvalue weighted by Crippen LogP contribution is -2.58. The summed E-state index contributed by atoms with van der Waals surface area (Å²) < 4.78 is 12.6. The highest BCUT2D eigenvalue weighted by molar-refractivity contribution is 7.13. The average molecular weight is 1060 g/mol. The first kappa shape index (κ1) is 54.4. The maximum absolute atomic E-state index is 14.3. The fraction of sp³-hybridized carbons (Fsp3) is 0.526. The Morgan fingerprint density at radius 3 is 2.50 bits per heavy atom. The van der Waals surface area contributed by atoms with Crippen LogP contribution in [-0.2, 0) is 32.1 Å². The second-order valence-electron chi connectivity index (χ2n) is 22.1. The molecule has 5 N–H and O–H groups in total. The molecular weight excluding hydrogens is 983 g/mol. The summed E-state index contributed by atoms with van der Waals surface area (Å²) in [5.74, 6) is 0.119. The van der Waals surface area contributed by atoms with Gasteiger partial charge in [0.05, 0.1) is 59.6 Å². The van der Waals surface area contributed by atoms with E-state index >= 15 is 0 Å². The molecular formula is C57H73N11O7S. The Morgan fingerprint density at radius 2 is 1.76 bits per heavy atom. The van der Waals surface area contributed by atoms with E-state index in [4.69, 9.17) is 19.4 Å². The van der Waals surface area contributed by atoms with Crippen molar-refractivity contribution in [1.29, 1.82) is 5.26 Å². The lowest BCUT2D eigenvalue weighted by Gasteiger charge is -2.37. The average Bonchev–Trinajstić information content (AvgIpc) is 4.02. The summed E-state index contributed by atoms with van der Waals surface area (Å²) >= 11 is 1.58. The number of fused-ring (bicyclic) bond motifs is 2. The number of piperidine rings is 1. The summed E-state index contributed by atoms with van der Waals surface area (Å²) in [7, 11) is 0. The van der Waals surface area contributed by atoms with Crippen molar-refractivity contribution in [2.45, 2.75) is 117 Å². The third kappa shape index (κ3) is 12.9. The molecule has 0 bridgehead atoms. The molecule has 0 radical (unpaired) electrons. The number of hydrogen-bond donors (Lipinski definition) is 5. The van der Waals surface area contributed by atoms with E-state index in [1.54, 1.807) is 17.4 Å². The number of piperazine rings is 1. The zero-order valence-electron chi connectivity index (χ0n) is 44.6. The van der Waals surface area contributed by atoms with E-state index in [2.05, 4.69) is 47.8 Å². The van der Waals surface area contributed by atoms with Gasteiger partial charge in [0, 0.05) is 74.4 Å². The fourth-order valence-electron chi connectivity index (χ4n) is 11.2. The van der Waals surface area contributed by atoms with Crippen LogP contribution in [0.2, 0.25) is 0 Å². The van der Waals surface area contributed by atoms with Crippen LogP contribution in [0, 0.1) is 29.6 Å². The zero-order chi connectivity index (χ0) is 53.7. The minimum absolute atomic E-state index is 0.0129. The van der Waals surface area contributed by atoms with Gasteiger partial charge in [-0.25, -0.2) is 4.98 Å². The van der Waals surface area contributed by atoms with Crippen LogP contribution in [-0.4, -0.2) is 149 Å². The summed E-state index contributed by atoms with van der Waals surface area (Å²) in [6, 6.07) is 20.1. The van der Waals surface area contributed by atoms with Crippen molar-refractivity contribution < 1.29 is 34.1 Å². The number of benzene rings is 3. The predicted octanol–water partition coefficient (Wildman–Crippen LogP) is 5.89. The van der Waals surface area contributed by atoms with Crippen molar-refractivity contribution in [2.24, 2.45) is 11.3 Å². The van der Waals surface area contributed by atoms with Gasteiger partial charge in [-0.1, -0.05) is 69.3 Å². The first-order chi connectivity index (χ1) is 36.5. The van der Waals surface area contributed by atoms with E-state index in [-0.39, 0.29) is 55.3 Å². The van der Waals surface area contributed by atoms with Crippen LogP contribution in [0.3, 0.4) is 0 Å². The van der Waals surface area contributed by atoms with Gasteiger partial charge < -0.3 is 50.3 Å². The van der Waals surface area contributed by atoms with Crippen molar-refractivity contribution >= 4 is 51.3 Å². The van der Waals surface area contributed by atoms with Gasteiger partial charge in [-0.2, -0.15) is 15.2 Å². The number of nitrogens with one attached hydrogen (secondary N) is 3. The number of thiazole rings is 1. The van der Waals surface area contributed by atoms with Crippen molar-refractivity contribution in [1.82, 2.24) is 40.7 Å². The van der Waals surface area contributed by atoms with Crippen LogP contribution < -0.4 is 30.5 Å². The number of amides is 3. The standard InChI is InChI=1S/C57H73N11O7S/c1-35(75-56-62-47-31-66(48-26-43(69)25-41-9-7-8-10-45(41)48)23-18-46(47)53(64-56)67-24-20-59-42(29-67)15-19-58)28-65-21-16-38(17-22-65)32-74-33-50(71)63-52(57(4,5)6)55(73)68-30-44(70)27-49(68)54(72)61-36(2)39-11-13-40(14-12-39)51-37(3)60-34-76-51/h7-14,25-26,34-36,38,42,44,49,52,59,69-70H,15-18,20-24,27-33H2,1-6H3,(H,61,72)(H,63,71)/t35-,36+,42+,44-,49+,52-/m1/s1. The molecule has 3 amide bonds. The molecule has 2 aromatic heterocycles. The smallest absolute Gasteiger partial charge is 0.318 e. The van der Waals surface area contributed by atoms with Crippen LogP contribution in [0.1, 0.15) is 88.9 Å². The molecule has 76 heavy (non-hydrogen) atoms. The van der Waals surface area contributed by atoms with E-state index in [1.165, 1.54) is 4.90 Å². The van der Waals surface area contributed by atoms with Gasteiger partial charge in [-0.05, 0) is 87.0 Å². The van der Waals surface area contributed by atoms with Gasteiger partial charge in [0.2, 0.25) is 17.7 Å². The monoisotopic (exact) mass is 1060 g/mol. The Kier molecular flexibility index (Phi) is 17.1. The normalized spacial score (nSPS) is 20.7. The Hall–Kier alpha value is -6.43. The molecule has 3 saturated heterocycles. The number of aromatic hydroxyl groups is 1. The van der Waals surface area contributed by atoms with Crippen LogP contribution in [0.25, 0.3) is 21.2 Å². The van der Waals surface area contributed by atoms with E-state index in [9.17, 15) is 29.9 Å². The lowest BCUT2D eigenvalue weighted by atomic mass is 9.85. The summed E-state index contributed by atoms with van der Waals surface area (Å²) in [6.07, 6.45) is 1.88. The summed E-state index contributed by atoms with van der Waals surface area (Å²) in [6.45, 7) is 17.4. The van der Waals surface area contributed by atoms with Gasteiger partial charge in [0.15, 0.2) is 0 Å². The van der Waals surface area contributed by atoms with E-state index in [0.717, 1.165) is 107 Å². The predicted molar refractivity (Wildman–Crippen MR) is 293 cm³/mol. The van der Waals surface area contributed by atoms with Gasteiger partial charge in [-0.3, -0.25) is 19.3 Å². The molecule has 18 nitrogen and oxygen atoms in total. The number of rotatable bonds is 17. The van der Waals surface area contributed by atoms with Crippen LogP contribution in [0.4, 0.5) is 11.5 Å². The Bertz CT molecular complexity index is 2900. The van der Waals surface area contributed by atoms with Crippen LogP contribution in [0.5, 0.6) is 11.8 Å². The molecule has 6 heterocycles. The molecule has 9 rings (SSSR count). The molecule has 5 aromatic rings. The number of aryl methyl sites for hydroxylation is 1. The number of phenolic OH excluding ortho intramolecular Hbond substituents is 1. The Balaban J connectivity index is 0.759. The number of β-amino-alcohol motifs (C(OH)–C–C–N with tert-alkyl or cyclic N) is 1. The van der Waals surface area contributed by atoms with Gasteiger partial charge in [-0.15, -0.1) is 11.3 Å². The molecule has 19 heteroatoms. The topological polar surface area (TPSA) is 222 Å². The van der Waals surface area contributed by atoms with Crippen molar-refractivity contribution in [3.05, 3.63) is 88.7 Å². The number of carbonyl (C=O) groups excluding carboxylic acids is 3. The minimum atomic E-state index is -0.959. The second-order valence-corrected chi connectivity index (χ2v) is 23.0. The quantitative estimate of drug-likeness (QED) is 0.0733. The third-order valence-corrected chi connectivity index (χ3v) is 16.2. The number of phenols is 1. The molecule has 0 saturated carbocycles. The number of aliphatic hydroxyl groups excluding tert-OH is 1. The highest BCUT2D eigenvalue weighted by Crippen LogP contribution is 2.37. The number of ether oxygens (including phenoxy) is 2. The molecule has 4 aliphatic heterocycles. The number of aliphatic hydroxyl groups is 1. The second kappa shape index (κ2) is 23.9. The number of anilines is 2.